The van der Waals surface area contributed by atoms with Gasteiger partial charge in [-0.2, -0.15) is 0 Å². The molecule has 1 heterocycles. The fourth-order valence-corrected chi connectivity index (χ4v) is 5.49. The van der Waals surface area contributed by atoms with Crippen LogP contribution in [0.1, 0.15) is 24.0 Å². The van der Waals surface area contributed by atoms with Gasteiger partial charge < -0.3 is 10.6 Å². The van der Waals surface area contributed by atoms with E-state index in [4.69, 9.17) is 0 Å². The predicted octanol–water partition coefficient (Wildman–Crippen LogP) is 4.58. The normalized spacial score (nSPS) is 13.3. The molecule has 0 bridgehead atoms. The fraction of sp³-hybridized carbons (Fsp3) is 0.240. The maximum atomic E-state index is 13.1. The highest BCUT2D eigenvalue weighted by atomic mass is 32.2. The molecule has 0 spiro atoms. The molecule has 7 heteroatoms. The number of carbonyl (C=O) groups excluding carboxylic acids is 1. The third-order valence-electron chi connectivity index (χ3n) is 5.52. The zero-order valence-corrected chi connectivity index (χ0v) is 18.6. The maximum Gasteiger partial charge on any atom is 0.319 e. The molecule has 0 unspecified atom stereocenters. The van der Waals surface area contributed by atoms with Crippen LogP contribution in [-0.2, 0) is 22.9 Å². The highest BCUT2D eigenvalue weighted by Gasteiger charge is 2.29. The number of sulfonamides is 1. The number of benzene rings is 3. The lowest BCUT2D eigenvalue weighted by Gasteiger charge is -2.30. The molecule has 0 fully saturated rings. The summed E-state index contributed by atoms with van der Waals surface area (Å²) < 4.78 is 27.7. The van der Waals surface area contributed by atoms with Crippen molar-refractivity contribution in [1.29, 1.82) is 0 Å². The van der Waals surface area contributed by atoms with E-state index in [2.05, 4.69) is 22.8 Å². The molecule has 1 aliphatic rings. The van der Waals surface area contributed by atoms with Gasteiger partial charge in [0.05, 0.1) is 10.6 Å². The summed E-state index contributed by atoms with van der Waals surface area (Å²) in [7, 11) is -3.62. The molecular weight excluding hydrogens is 422 g/mol. The molecule has 166 valence electrons. The molecular formula is C25H27N3O3S. The van der Waals surface area contributed by atoms with Crippen LogP contribution in [0.3, 0.4) is 0 Å². The molecule has 3 aromatic carbocycles. The van der Waals surface area contributed by atoms with Gasteiger partial charge in [-0.05, 0) is 67.1 Å². The first-order chi connectivity index (χ1) is 15.5. The Morgan fingerprint density at radius 1 is 0.938 bits per heavy atom. The minimum atomic E-state index is -3.62. The number of amides is 2. The van der Waals surface area contributed by atoms with Crippen LogP contribution < -0.4 is 14.9 Å². The molecule has 1 aliphatic heterocycles. The van der Waals surface area contributed by atoms with Crippen LogP contribution in [0.25, 0.3) is 0 Å². The quantitative estimate of drug-likeness (QED) is 0.518. The SMILES string of the molecule is O=C(NCCCc1ccccc1)Nc1ccc2c(c1)CCCN2S(=O)(=O)c1ccccc1. The fourth-order valence-electron chi connectivity index (χ4n) is 3.92. The highest BCUT2D eigenvalue weighted by Crippen LogP contribution is 2.33. The minimum absolute atomic E-state index is 0.261. The van der Waals surface area contributed by atoms with Gasteiger partial charge in [0, 0.05) is 18.8 Å². The molecule has 0 aromatic heterocycles. The van der Waals surface area contributed by atoms with Crippen LogP contribution in [0.15, 0.2) is 83.8 Å². The van der Waals surface area contributed by atoms with Crippen LogP contribution in [0.5, 0.6) is 0 Å². The van der Waals surface area contributed by atoms with Crippen molar-refractivity contribution in [3.05, 3.63) is 90.0 Å². The molecule has 4 rings (SSSR count). The van der Waals surface area contributed by atoms with Gasteiger partial charge >= 0.3 is 6.03 Å². The number of rotatable bonds is 7. The van der Waals surface area contributed by atoms with E-state index in [-0.39, 0.29) is 10.9 Å². The van der Waals surface area contributed by atoms with Gasteiger partial charge in [-0.25, -0.2) is 13.2 Å². The molecule has 0 atom stereocenters. The molecule has 2 amide bonds. The molecule has 3 aromatic rings. The van der Waals surface area contributed by atoms with Gasteiger partial charge in [-0.3, -0.25) is 4.31 Å². The Morgan fingerprint density at radius 3 is 2.41 bits per heavy atom. The zero-order valence-electron chi connectivity index (χ0n) is 17.8. The van der Waals surface area contributed by atoms with Gasteiger partial charge in [0.25, 0.3) is 10.0 Å². The van der Waals surface area contributed by atoms with Crippen LogP contribution in [0, 0.1) is 0 Å². The summed E-state index contributed by atoms with van der Waals surface area (Å²) in [5.41, 5.74) is 3.49. The lowest BCUT2D eigenvalue weighted by molar-refractivity contribution is 0.252. The molecule has 0 saturated heterocycles. The van der Waals surface area contributed by atoms with Crippen LogP contribution in [0.2, 0.25) is 0 Å². The van der Waals surface area contributed by atoms with E-state index >= 15 is 0 Å². The molecule has 2 N–H and O–H groups in total. The van der Waals surface area contributed by atoms with E-state index in [0.29, 0.717) is 24.5 Å². The zero-order chi connectivity index (χ0) is 22.4. The van der Waals surface area contributed by atoms with E-state index in [0.717, 1.165) is 31.2 Å². The summed E-state index contributed by atoms with van der Waals surface area (Å²) >= 11 is 0. The van der Waals surface area contributed by atoms with Crippen molar-refractivity contribution in [2.24, 2.45) is 0 Å². The number of aryl methyl sites for hydroxylation is 2. The molecule has 0 saturated carbocycles. The van der Waals surface area contributed by atoms with E-state index in [1.54, 1.807) is 42.5 Å². The summed E-state index contributed by atoms with van der Waals surface area (Å²) in [6.45, 7) is 1.02. The van der Waals surface area contributed by atoms with E-state index in [1.807, 2.05) is 24.3 Å². The standard InChI is InChI=1S/C25H27N3O3S/c29-25(26-17-7-11-20-9-3-1-4-10-20)27-22-15-16-24-21(19-22)12-8-18-28(24)32(30,31)23-13-5-2-6-14-23/h1-6,9-10,13-16,19H,7-8,11-12,17-18H2,(H2,26,27,29). The number of nitrogens with zero attached hydrogens (tertiary/aromatic N) is 1. The Kier molecular flexibility index (Phi) is 6.75. The number of fused-ring (bicyclic) bond motifs is 1. The summed E-state index contributed by atoms with van der Waals surface area (Å²) in [5, 5.41) is 5.74. The minimum Gasteiger partial charge on any atom is -0.338 e. The van der Waals surface area contributed by atoms with Gasteiger partial charge in [0.15, 0.2) is 0 Å². The predicted molar refractivity (Wildman–Crippen MR) is 128 cm³/mol. The Balaban J connectivity index is 1.37. The smallest absolute Gasteiger partial charge is 0.319 e. The number of urea groups is 1. The van der Waals surface area contributed by atoms with Crippen molar-refractivity contribution in [3.8, 4) is 0 Å². The van der Waals surface area contributed by atoms with Gasteiger partial charge in [-0.1, -0.05) is 48.5 Å². The van der Waals surface area contributed by atoms with Gasteiger partial charge in [-0.15, -0.1) is 0 Å². The summed E-state index contributed by atoms with van der Waals surface area (Å²) in [5.74, 6) is 0. The number of hydrogen-bond acceptors (Lipinski definition) is 3. The maximum absolute atomic E-state index is 13.1. The van der Waals surface area contributed by atoms with Crippen molar-refractivity contribution in [2.45, 2.75) is 30.6 Å². The average molecular weight is 450 g/mol. The second kappa shape index (κ2) is 9.87. The first kappa shape index (κ1) is 21.9. The first-order valence-electron chi connectivity index (χ1n) is 10.8. The van der Waals surface area contributed by atoms with Gasteiger partial charge in [0.1, 0.15) is 0 Å². The second-order valence-corrected chi connectivity index (χ2v) is 9.67. The summed E-state index contributed by atoms with van der Waals surface area (Å²) in [6, 6.07) is 23.8. The van der Waals surface area contributed by atoms with Gasteiger partial charge in [0.2, 0.25) is 0 Å². The van der Waals surface area contributed by atoms with Crippen molar-refractivity contribution in [2.75, 3.05) is 22.7 Å². The van der Waals surface area contributed by atoms with E-state index in [1.165, 1.54) is 9.87 Å². The number of nitrogens with one attached hydrogen (secondary N) is 2. The number of carbonyl (C=O) groups is 1. The monoisotopic (exact) mass is 449 g/mol. The van der Waals surface area contributed by atoms with Crippen molar-refractivity contribution in [1.82, 2.24) is 5.32 Å². The Labute approximate surface area is 189 Å². The Hall–Kier alpha value is -3.32. The van der Waals surface area contributed by atoms with E-state index < -0.39 is 10.0 Å². The lowest BCUT2D eigenvalue weighted by atomic mass is 10.0. The lowest BCUT2D eigenvalue weighted by Crippen LogP contribution is -2.35. The number of hydrogen-bond donors (Lipinski definition) is 2. The average Bonchev–Trinajstić information content (AvgIpc) is 2.82. The topological polar surface area (TPSA) is 78.5 Å². The molecule has 32 heavy (non-hydrogen) atoms. The molecule has 0 radical (unpaired) electrons. The van der Waals surface area contributed by atoms with Crippen LogP contribution in [0.4, 0.5) is 16.2 Å². The molecule has 0 aliphatic carbocycles. The third kappa shape index (κ3) is 5.11. The molecule has 6 nitrogen and oxygen atoms in total. The van der Waals surface area contributed by atoms with Crippen LogP contribution in [-0.4, -0.2) is 27.5 Å². The number of anilines is 2. The summed E-state index contributed by atoms with van der Waals surface area (Å²) in [6.07, 6.45) is 3.26. The van der Waals surface area contributed by atoms with E-state index in [9.17, 15) is 13.2 Å². The second-order valence-electron chi connectivity index (χ2n) is 7.81. The first-order valence-corrected chi connectivity index (χ1v) is 12.3. The van der Waals surface area contributed by atoms with Crippen LogP contribution >= 0.6 is 0 Å². The summed E-state index contributed by atoms with van der Waals surface area (Å²) in [4.78, 5) is 12.6. The van der Waals surface area contributed by atoms with Crippen molar-refractivity contribution in [3.63, 3.8) is 0 Å². The van der Waals surface area contributed by atoms with Crippen molar-refractivity contribution < 1.29 is 13.2 Å². The third-order valence-corrected chi connectivity index (χ3v) is 7.34. The largest absolute Gasteiger partial charge is 0.338 e. The Bertz CT molecular complexity index is 1170. The van der Waals surface area contributed by atoms with Crippen molar-refractivity contribution >= 4 is 27.4 Å². The highest BCUT2D eigenvalue weighted by molar-refractivity contribution is 7.92. The Morgan fingerprint density at radius 2 is 1.66 bits per heavy atom.